The van der Waals surface area contributed by atoms with E-state index in [1.165, 1.54) is 24.3 Å². The van der Waals surface area contributed by atoms with Gasteiger partial charge in [0.2, 0.25) is 10.0 Å². The zero-order chi connectivity index (χ0) is 16.7. The summed E-state index contributed by atoms with van der Waals surface area (Å²) in [6.45, 7) is 2.64. The highest BCUT2D eigenvalue weighted by molar-refractivity contribution is 7.89. The first-order chi connectivity index (χ1) is 11.0. The van der Waals surface area contributed by atoms with Crippen molar-refractivity contribution in [3.05, 3.63) is 59.9 Å². The van der Waals surface area contributed by atoms with Gasteiger partial charge in [0.25, 0.3) is 5.91 Å². The second kappa shape index (κ2) is 7.85. The lowest BCUT2D eigenvalue weighted by Gasteiger charge is -2.08. The van der Waals surface area contributed by atoms with Crippen molar-refractivity contribution in [2.24, 2.45) is 0 Å². The Bertz CT molecular complexity index is 744. The number of aromatic nitrogens is 1. The van der Waals surface area contributed by atoms with Gasteiger partial charge in [0.15, 0.2) is 0 Å². The summed E-state index contributed by atoms with van der Waals surface area (Å²) < 4.78 is 26.4. The average Bonchev–Trinajstić information content (AvgIpc) is 2.59. The van der Waals surface area contributed by atoms with Gasteiger partial charge in [-0.15, -0.1) is 0 Å². The van der Waals surface area contributed by atoms with Crippen molar-refractivity contribution in [1.29, 1.82) is 0 Å². The van der Waals surface area contributed by atoms with Crippen LogP contribution in [0.4, 0.5) is 0 Å². The minimum Gasteiger partial charge on any atom is -0.348 e. The number of carbonyl (C=O) groups excluding carboxylic acids is 1. The Hall–Kier alpha value is -2.25. The molecule has 0 radical (unpaired) electrons. The first kappa shape index (κ1) is 17.1. The van der Waals surface area contributed by atoms with Crippen molar-refractivity contribution in [2.75, 3.05) is 6.54 Å². The molecule has 122 valence electrons. The zero-order valence-corrected chi connectivity index (χ0v) is 13.6. The van der Waals surface area contributed by atoms with E-state index in [-0.39, 0.29) is 10.8 Å². The molecule has 0 unspecified atom stereocenters. The first-order valence-corrected chi connectivity index (χ1v) is 8.78. The van der Waals surface area contributed by atoms with Crippen LogP contribution in [0.25, 0.3) is 0 Å². The Morgan fingerprint density at radius 3 is 2.52 bits per heavy atom. The van der Waals surface area contributed by atoms with Crippen LogP contribution >= 0.6 is 0 Å². The Morgan fingerprint density at radius 1 is 1.17 bits per heavy atom. The summed E-state index contributed by atoms with van der Waals surface area (Å²) in [5.74, 6) is -0.265. The van der Waals surface area contributed by atoms with Crippen LogP contribution in [0.15, 0.2) is 53.7 Å². The molecule has 2 N–H and O–H groups in total. The molecule has 6 nitrogen and oxygen atoms in total. The molecule has 1 heterocycles. The number of hydrogen-bond acceptors (Lipinski definition) is 4. The van der Waals surface area contributed by atoms with Gasteiger partial charge in [-0.25, -0.2) is 13.1 Å². The number of amides is 1. The van der Waals surface area contributed by atoms with Gasteiger partial charge in [0.05, 0.1) is 4.90 Å². The Morgan fingerprint density at radius 2 is 1.91 bits per heavy atom. The number of carbonyl (C=O) groups is 1. The Balaban J connectivity index is 2.00. The maximum Gasteiger partial charge on any atom is 0.251 e. The smallest absolute Gasteiger partial charge is 0.251 e. The molecule has 0 spiro atoms. The molecule has 1 aromatic carbocycles. The summed E-state index contributed by atoms with van der Waals surface area (Å²) in [6.07, 6.45) is 4.06. The maximum atomic E-state index is 12.1. The van der Waals surface area contributed by atoms with Crippen LogP contribution in [-0.4, -0.2) is 25.9 Å². The van der Waals surface area contributed by atoms with E-state index in [0.717, 1.165) is 5.56 Å². The lowest BCUT2D eigenvalue weighted by molar-refractivity contribution is 0.0951. The summed E-state index contributed by atoms with van der Waals surface area (Å²) in [6, 6.07) is 9.51. The number of rotatable bonds is 7. The number of sulfonamides is 1. The van der Waals surface area contributed by atoms with E-state index >= 15 is 0 Å². The van der Waals surface area contributed by atoms with Gasteiger partial charge in [-0.1, -0.05) is 13.0 Å². The van der Waals surface area contributed by atoms with E-state index in [1.807, 2.05) is 13.0 Å². The molecule has 0 aliphatic rings. The number of benzene rings is 1. The minimum atomic E-state index is -3.51. The minimum absolute atomic E-state index is 0.148. The van der Waals surface area contributed by atoms with Gasteiger partial charge in [-0.05, 0) is 42.3 Å². The molecule has 0 aliphatic carbocycles. The standard InChI is InChI=1S/C16H19N3O3S/c1-2-9-19-23(21,22)15-7-5-14(6-8-15)16(20)18-12-13-4-3-10-17-11-13/h3-8,10-11,19H,2,9,12H2,1H3,(H,18,20). The lowest BCUT2D eigenvalue weighted by atomic mass is 10.2. The normalized spacial score (nSPS) is 11.2. The SMILES string of the molecule is CCCNS(=O)(=O)c1ccc(C(=O)NCc2cccnc2)cc1. The van der Waals surface area contributed by atoms with Crippen LogP contribution in [0.1, 0.15) is 29.3 Å². The van der Waals surface area contributed by atoms with E-state index in [2.05, 4.69) is 15.0 Å². The van der Waals surface area contributed by atoms with Crippen LogP contribution in [0, 0.1) is 0 Å². The number of pyridine rings is 1. The number of nitrogens with one attached hydrogen (secondary N) is 2. The molecule has 0 atom stereocenters. The quantitative estimate of drug-likeness (QED) is 0.807. The average molecular weight is 333 g/mol. The van der Waals surface area contributed by atoms with E-state index in [9.17, 15) is 13.2 Å². The first-order valence-electron chi connectivity index (χ1n) is 7.30. The van der Waals surface area contributed by atoms with Gasteiger partial charge >= 0.3 is 0 Å². The third-order valence-electron chi connectivity index (χ3n) is 3.14. The molecule has 0 bridgehead atoms. The van der Waals surface area contributed by atoms with Crippen LogP contribution in [0.5, 0.6) is 0 Å². The second-order valence-corrected chi connectivity index (χ2v) is 6.73. The van der Waals surface area contributed by atoms with E-state index in [0.29, 0.717) is 25.1 Å². The van der Waals surface area contributed by atoms with Crippen LogP contribution in [-0.2, 0) is 16.6 Å². The molecule has 23 heavy (non-hydrogen) atoms. The van der Waals surface area contributed by atoms with Crippen molar-refractivity contribution < 1.29 is 13.2 Å². The Labute approximate surface area is 136 Å². The lowest BCUT2D eigenvalue weighted by Crippen LogP contribution is -2.25. The van der Waals surface area contributed by atoms with Crippen LogP contribution < -0.4 is 10.0 Å². The fourth-order valence-corrected chi connectivity index (χ4v) is 3.03. The summed E-state index contributed by atoms with van der Waals surface area (Å²) in [4.78, 5) is 16.2. The van der Waals surface area contributed by atoms with Crippen LogP contribution in [0.3, 0.4) is 0 Å². The van der Waals surface area contributed by atoms with Gasteiger partial charge in [-0.3, -0.25) is 9.78 Å². The second-order valence-electron chi connectivity index (χ2n) is 4.97. The van der Waals surface area contributed by atoms with Crippen molar-refractivity contribution in [2.45, 2.75) is 24.8 Å². The highest BCUT2D eigenvalue weighted by atomic mass is 32.2. The molecule has 1 aromatic heterocycles. The van der Waals surface area contributed by atoms with E-state index in [4.69, 9.17) is 0 Å². The molecular formula is C16H19N3O3S. The summed E-state index contributed by atoms with van der Waals surface area (Å²) in [5, 5.41) is 2.76. The van der Waals surface area contributed by atoms with Crippen molar-refractivity contribution in [3.8, 4) is 0 Å². The third-order valence-corrected chi connectivity index (χ3v) is 4.62. The molecule has 1 amide bonds. The van der Waals surface area contributed by atoms with Gasteiger partial charge in [-0.2, -0.15) is 0 Å². The van der Waals surface area contributed by atoms with Gasteiger partial charge in [0, 0.05) is 31.0 Å². The highest BCUT2D eigenvalue weighted by Gasteiger charge is 2.14. The van der Waals surface area contributed by atoms with Gasteiger partial charge in [0.1, 0.15) is 0 Å². The summed E-state index contributed by atoms with van der Waals surface area (Å²) in [5.41, 5.74) is 1.30. The molecule has 2 aromatic rings. The highest BCUT2D eigenvalue weighted by Crippen LogP contribution is 2.10. The molecule has 7 heteroatoms. The van der Waals surface area contributed by atoms with E-state index in [1.54, 1.807) is 18.5 Å². The predicted octanol–water partition coefficient (Wildman–Crippen LogP) is 1.70. The zero-order valence-electron chi connectivity index (χ0n) is 12.8. The fraction of sp³-hybridized carbons (Fsp3) is 0.250. The maximum absolute atomic E-state index is 12.1. The van der Waals surface area contributed by atoms with Gasteiger partial charge < -0.3 is 5.32 Å². The number of hydrogen-bond donors (Lipinski definition) is 2. The summed E-state index contributed by atoms with van der Waals surface area (Å²) >= 11 is 0. The fourth-order valence-electron chi connectivity index (χ4n) is 1.89. The largest absolute Gasteiger partial charge is 0.348 e. The molecule has 0 fully saturated rings. The number of nitrogens with zero attached hydrogens (tertiary/aromatic N) is 1. The monoisotopic (exact) mass is 333 g/mol. The van der Waals surface area contributed by atoms with Crippen molar-refractivity contribution in [3.63, 3.8) is 0 Å². The van der Waals surface area contributed by atoms with Crippen molar-refractivity contribution >= 4 is 15.9 Å². The Kier molecular flexibility index (Phi) is 5.84. The third kappa shape index (κ3) is 4.87. The molecule has 0 saturated heterocycles. The predicted molar refractivity (Wildman–Crippen MR) is 87.3 cm³/mol. The summed E-state index contributed by atoms with van der Waals surface area (Å²) in [7, 11) is -3.51. The molecule has 0 aliphatic heterocycles. The van der Waals surface area contributed by atoms with E-state index < -0.39 is 10.0 Å². The molecule has 0 saturated carbocycles. The molecular weight excluding hydrogens is 314 g/mol. The molecule has 2 rings (SSSR count). The van der Waals surface area contributed by atoms with Crippen molar-refractivity contribution in [1.82, 2.24) is 15.0 Å². The topological polar surface area (TPSA) is 88.2 Å². The van der Waals surface area contributed by atoms with Crippen LogP contribution in [0.2, 0.25) is 0 Å².